The highest BCUT2D eigenvalue weighted by Gasteiger charge is 2.25. The highest BCUT2D eigenvalue weighted by molar-refractivity contribution is 7.89. The Balaban J connectivity index is 1.47. The molecule has 1 aliphatic heterocycles. The van der Waals surface area contributed by atoms with E-state index in [4.69, 9.17) is 0 Å². The first-order valence-corrected chi connectivity index (χ1v) is 11.4. The van der Waals surface area contributed by atoms with Gasteiger partial charge in [-0.15, -0.1) is 0 Å². The zero-order valence-electron chi connectivity index (χ0n) is 16.5. The first kappa shape index (κ1) is 20.3. The maximum atomic E-state index is 12.7. The van der Waals surface area contributed by atoms with Gasteiger partial charge in [0.1, 0.15) is 6.54 Å². The van der Waals surface area contributed by atoms with Gasteiger partial charge in [-0.1, -0.05) is 18.6 Å². The highest BCUT2D eigenvalue weighted by atomic mass is 32.2. The second kappa shape index (κ2) is 8.41. The van der Waals surface area contributed by atoms with E-state index in [0.29, 0.717) is 29.7 Å². The van der Waals surface area contributed by atoms with E-state index in [1.54, 1.807) is 41.1 Å². The second-order valence-corrected chi connectivity index (χ2v) is 9.30. The number of sulfonamides is 1. The Labute approximate surface area is 175 Å². The maximum absolute atomic E-state index is 12.7. The van der Waals surface area contributed by atoms with Gasteiger partial charge in [0, 0.05) is 36.4 Å². The molecule has 1 amide bonds. The lowest BCUT2D eigenvalue weighted by molar-refractivity contribution is -0.116. The van der Waals surface area contributed by atoms with Crippen molar-refractivity contribution < 1.29 is 13.2 Å². The Morgan fingerprint density at radius 1 is 0.933 bits per heavy atom. The van der Waals surface area contributed by atoms with Crippen molar-refractivity contribution in [3.63, 3.8) is 0 Å². The lowest BCUT2D eigenvalue weighted by atomic mass is 10.2. The molecule has 1 aliphatic rings. The number of carbonyl (C=O) groups is 1. The fraction of sp³-hybridized carbons (Fsp3) is 0.273. The number of fused-ring (bicyclic) bond motifs is 1. The second-order valence-electron chi connectivity index (χ2n) is 7.36. The number of carbonyl (C=O) groups excluding carboxylic acids is 1. The van der Waals surface area contributed by atoms with Gasteiger partial charge in [-0.25, -0.2) is 8.42 Å². The van der Waals surface area contributed by atoms with Gasteiger partial charge in [-0.3, -0.25) is 9.59 Å². The smallest absolute Gasteiger partial charge is 0.244 e. The molecule has 0 aliphatic carbocycles. The molecule has 8 heteroatoms. The summed E-state index contributed by atoms with van der Waals surface area (Å²) < 4.78 is 28.7. The minimum absolute atomic E-state index is 0.0363. The average Bonchev–Trinajstić information content (AvgIpc) is 2.77. The van der Waals surface area contributed by atoms with Crippen molar-refractivity contribution in [3.05, 3.63) is 71.0 Å². The van der Waals surface area contributed by atoms with Crippen LogP contribution in [0.2, 0.25) is 0 Å². The fourth-order valence-corrected chi connectivity index (χ4v) is 5.23. The van der Waals surface area contributed by atoms with E-state index >= 15 is 0 Å². The number of amides is 1. The Morgan fingerprint density at radius 3 is 2.37 bits per heavy atom. The van der Waals surface area contributed by atoms with E-state index < -0.39 is 10.0 Å². The molecule has 1 fully saturated rings. The van der Waals surface area contributed by atoms with Crippen LogP contribution < -0.4 is 10.7 Å². The van der Waals surface area contributed by atoms with Crippen LogP contribution in [0.4, 0.5) is 5.69 Å². The van der Waals surface area contributed by atoms with Crippen molar-refractivity contribution in [2.24, 2.45) is 0 Å². The van der Waals surface area contributed by atoms with Crippen molar-refractivity contribution in [3.8, 4) is 0 Å². The number of rotatable bonds is 5. The third kappa shape index (κ3) is 4.15. The molecule has 30 heavy (non-hydrogen) atoms. The number of nitrogens with one attached hydrogen (secondary N) is 1. The molecule has 0 spiro atoms. The van der Waals surface area contributed by atoms with Crippen LogP contribution in [0.3, 0.4) is 0 Å². The van der Waals surface area contributed by atoms with E-state index in [1.165, 1.54) is 22.5 Å². The quantitative estimate of drug-likeness (QED) is 0.681. The van der Waals surface area contributed by atoms with Gasteiger partial charge in [0.05, 0.1) is 10.4 Å². The highest BCUT2D eigenvalue weighted by Crippen LogP contribution is 2.22. The summed E-state index contributed by atoms with van der Waals surface area (Å²) in [5, 5.41) is 3.34. The summed E-state index contributed by atoms with van der Waals surface area (Å²) in [5.74, 6) is -0.268. The molecular formula is C22H23N3O4S. The molecule has 1 saturated heterocycles. The molecular weight excluding hydrogens is 402 g/mol. The number of para-hydroxylation sites is 1. The SMILES string of the molecule is O=C(Cn1ccc(=O)c2ccccc21)Nc1ccc(S(=O)(=O)N2CCCCC2)cc1. The van der Waals surface area contributed by atoms with Gasteiger partial charge in [-0.2, -0.15) is 4.31 Å². The van der Waals surface area contributed by atoms with Crippen LogP contribution in [0.1, 0.15) is 19.3 Å². The van der Waals surface area contributed by atoms with Crippen LogP contribution in [0, 0.1) is 0 Å². The molecule has 156 valence electrons. The molecule has 1 aromatic heterocycles. The zero-order valence-corrected chi connectivity index (χ0v) is 17.3. The predicted molar refractivity (Wildman–Crippen MR) is 116 cm³/mol. The predicted octanol–water partition coefficient (Wildman–Crippen LogP) is 2.81. The van der Waals surface area contributed by atoms with Gasteiger partial charge >= 0.3 is 0 Å². The molecule has 1 N–H and O–H groups in total. The molecule has 0 saturated carbocycles. The van der Waals surface area contributed by atoms with Gasteiger partial charge in [0.2, 0.25) is 15.9 Å². The molecule has 4 rings (SSSR count). The summed E-state index contributed by atoms with van der Waals surface area (Å²) in [6.07, 6.45) is 4.42. The monoisotopic (exact) mass is 425 g/mol. The lowest BCUT2D eigenvalue weighted by Crippen LogP contribution is -2.35. The van der Waals surface area contributed by atoms with Crippen LogP contribution in [0.5, 0.6) is 0 Å². The van der Waals surface area contributed by atoms with Crippen molar-refractivity contribution in [2.75, 3.05) is 18.4 Å². The van der Waals surface area contributed by atoms with Crippen LogP contribution in [0.15, 0.2) is 70.5 Å². The number of nitrogens with zero attached hydrogens (tertiary/aromatic N) is 2. The number of pyridine rings is 1. The number of piperidine rings is 1. The van der Waals surface area contributed by atoms with Gasteiger partial charge in [0.25, 0.3) is 0 Å². The summed E-state index contributed by atoms with van der Waals surface area (Å²) in [5.41, 5.74) is 1.11. The number of hydrogen-bond donors (Lipinski definition) is 1. The Bertz CT molecular complexity index is 1230. The normalized spacial score (nSPS) is 15.2. The standard InChI is InChI=1S/C22H23N3O4S/c26-21-12-15-24(20-7-3-2-6-19(20)21)16-22(27)23-17-8-10-18(11-9-17)30(28,29)25-13-4-1-5-14-25/h2-3,6-12,15H,1,4-5,13-14,16H2,(H,23,27). The Kier molecular flexibility index (Phi) is 5.69. The summed E-state index contributed by atoms with van der Waals surface area (Å²) in [7, 11) is -3.50. The molecule has 0 radical (unpaired) electrons. The van der Waals surface area contributed by atoms with Crippen molar-refractivity contribution >= 4 is 32.5 Å². The largest absolute Gasteiger partial charge is 0.338 e. The number of benzene rings is 2. The average molecular weight is 426 g/mol. The minimum Gasteiger partial charge on any atom is -0.338 e. The molecule has 0 unspecified atom stereocenters. The van der Waals surface area contributed by atoms with Crippen molar-refractivity contribution in [2.45, 2.75) is 30.7 Å². The molecule has 0 atom stereocenters. The van der Waals surface area contributed by atoms with Crippen LogP contribution in [-0.2, 0) is 21.4 Å². The summed E-state index contributed by atoms with van der Waals surface area (Å²) in [4.78, 5) is 24.7. The third-order valence-electron chi connectivity index (χ3n) is 5.29. The maximum Gasteiger partial charge on any atom is 0.244 e. The molecule has 0 bridgehead atoms. The van der Waals surface area contributed by atoms with Crippen LogP contribution >= 0.6 is 0 Å². The first-order chi connectivity index (χ1) is 14.4. The minimum atomic E-state index is -3.50. The van der Waals surface area contributed by atoms with E-state index in [0.717, 1.165) is 19.3 Å². The van der Waals surface area contributed by atoms with Crippen molar-refractivity contribution in [1.29, 1.82) is 0 Å². The third-order valence-corrected chi connectivity index (χ3v) is 7.20. The topological polar surface area (TPSA) is 88.5 Å². The Hall–Kier alpha value is -2.97. The summed E-state index contributed by atoms with van der Waals surface area (Å²) >= 11 is 0. The van der Waals surface area contributed by atoms with Crippen LogP contribution in [0.25, 0.3) is 10.9 Å². The van der Waals surface area contributed by atoms with Crippen molar-refractivity contribution in [1.82, 2.24) is 8.87 Å². The zero-order chi connectivity index (χ0) is 21.1. The summed E-state index contributed by atoms with van der Waals surface area (Å²) in [6.45, 7) is 1.14. The van der Waals surface area contributed by atoms with Gasteiger partial charge in [-0.05, 0) is 49.2 Å². The fourth-order valence-electron chi connectivity index (χ4n) is 3.72. The molecule has 2 heterocycles. The molecule has 2 aromatic carbocycles. The number of aromatic nitrogens is 1. The number of hydrogen-bond acceptors (Lipinski definition) is 4. The van der Waals surface area contributed by atoms with Crippen LogP contribution in [-0.4, -0.2) is 36.3 Å². The van der Waals surface area contributed by atoms with Gasteiger partial charge in [0.15, 0.2) is 5.43 Å². The summed E-state index contributed by atoms with van der Waals surface area (Å²) in [6, 6.07) is 14.8. The lowest BCUT2D eigenvalue weighted by Gasteiger charge is -2.25. The van der Waals surface area contributed by atoms with E-state index in [2.05, 4.69) is 5.32 Å². The van der Waals surface area contributed by atoms with Gasteiger partial charge < -0.3 is 9.88 Å². The van der Waals surface area contributed by atoms with E-state index in [1.807, 2.05) is 6.07 Å². The van der Waals surface area contributed by atoms with E-state index in [-0.39, 0.29) is 22.8 Å². The number of anilines is 1. The Morgan fingerprint density at radius 2 is 1.63 bits per heavy atom. The van der Waals surface area contributed by atoms with E-state index in [9.17, 15) is 18.0 Å². The first-order valence-electron chi connectivity index (χ1n) is 9.93. The molecule has 7 nitrogen and oxygen atoms in total. The molecule has 3 aromatic rings.